The van der Waals surface area contributed by atoms with E-state index in [1.807, 2.05) is 26.1 Å². The second kappa shape index (κ2) is 5.70. The Balaban J connectivity index is 2.41. The van der Waals surface area contributed by atoms with E-state index >= 15 is 0 Å². The largest absolute Gasteiger partial charge is 0.309 e. The van der Waals surface area contributed by atoms with E-state index in [-0.39, 0.29) is 11.9 Å². The third kappa shape index (κ3) is 2.77. The topological polar surface area (TPSA) is 12.0 Å². The molecule has 0 bridgehead atoms. The van der Waals surface area contributed by atoms with Gasteiger partial charge >= 0.3 is 0 Å². The molecule has 1 atom stereocenters. The molecule has 1 nitrogen and oxygen atoms in total. The maximum absolute atomic E-state index is 13.6. The molecule has 2 rings (SSSR count). The molecule has 1 N–H and O–H groups in total. The van der Waals surface area contributed by atoms with E-state index in [4.69, 9.17) is 11.6 Å². The highest BCUT2D eigenvalue weighted by Crippen LogP contribution is 2.34. The summed E-state index contributed by atoms with van der Waals surface area (Å²) in [5, 5.41) is 3.19. The van der Waals surface area contributed by atoms with Crippen molar-refractivity contribution in [3.8, 4) is 0 Å². The number of aryl methyl sites for hydroxylation is 1. The van der Waals surface area contributed by atoms with Crippen LogP contribution in [0.25, 0.3) is 0 Å². The summed E-state index contributed by atoms with van der Waals surface area (Å²) in [6.45, 7) is 1.97. The van der Waals surface area contributed by atoms with Gasteiger partial charge in [0.1, 0.15) is 5.82 Å². The van der Waals surface area contributed by atoms with Crippen LogP contribution in [0.15, 0.2) is 28.7 Å². The molecule has 0 amide bonds. The summed E-state index contributed by atoms with van der Waals surface area (Å²) in [6.07, 6.45) is 0. The second-order valence-electron chi connectivity index (χ2n) is 4.00. The monoisotopic (exact) mass is 347 g/mol. The van der Waals surface area contributed by atoms with Crippen molar-refractivity contribution in [1.29, 1.82) is 0 Å². The Morgan fingerprint density at radius 1 is 1.39 bits per heavy atom. The summed E-state index contributed by atoms with van der Waals surface area (Å²) in [5.41, 5.74) is 1.94. The van der Waals surface area contributed by atoms with Crippen molar-refractivity contribution in [2.75, 3.05) is 7.05 Å². The fourth-order valence-corrected chi connectivity index (χ4v) is 3.39. The Morgan fingerprint density at radius 2 is 2.11 bits per heavy atom. The van der Waals surface area contributed by atoms with Crippen molar-refractivity contribution in [2.45, 2.75) is 13.0 Å². The third-order valence-electron chi connectivity index (χ3n) is 2.73. The lowest BCUT2D eigenvalue weighted by molar-refractivity contribution is 0.611. The molecule has 0 radical (unpaired) electrons. The molecule has 5 heteroatoms. The number of hydrogen-bond donors (Lipinski definition) is 1. The van der Waals surface area contributed by atoms with Gasteiger partial charge < -0.3 is 5.32 Å². The van der Waals surface area contributed by atoms with Crippen LogP contribution in [-0.2, 0) is 0 Å². The zero-order valence-corrected chi connectivity index (χ0v) is 13.1. The Labute approximate surface area is 123 Å². The van der Waals surface area contributed by atoms with Gasteiger partial charge in [0.25, 0.3) is 0 Å². The molecule has 1 unspecified atom stereocenters. The Hall–Kier alpha value is -0.420. The van der Waals surface area contributed by atoms with Gasteiger partial charge in [0, 0.05) is 4.88 Å². The highest BCUT2D eigenvalue weighted by molar-refractivity contribution is 9.10. The molecule has 2 aromatic rings. The van der Waals surface area contributed by atoms with Crippen molar-refractivity contribution >= 4 is 38.9 Å². The molecule has 18 heavy (non-hydrogen) atoms. The van der Waals surface area contributed by atoms with Crippen LogP contribution >= 0.6 is 38.9 Å². The first kappa shape index (κ1) is 14.0. The second-order valence-corrected chi connectivity index (χ2v) is 6.54. The third-order valence-corrected chi connectivity index (χ3v) is 4.99. The van der Waals surface area contributed by atoms with Crippen LogP contribution < -0.4 is 5.32 Å². The van der Waals surface area contributed by atoms with Crippen molar-refractivity contribution in [3.63, 3.8) is 0 Å². The minimum absolute atomic E-state index is 0.0381. The molecule has 1 heterocycles. The Bertz CT molecular complexity index is 551. The lowest BCUT2D eigenvalue weighted by Gasteiger charge is -2.15. The predicted molar refractivity (Wildman–Crippen MR) is 79.1 cm³/mol. The van der Waals surface area contributed by atoms with Crippen molar-refractivity contribution in [2.24, 2.45) is 0 Å². The van der Waals surface area contributed by atoms with Gasteiger partial charge in [0.15, 0.2) is 0 Å². The van der Waals surface area contributed by atoms with Gasteiger partial charge in [-0.2, -0.15) is 0 Å². The number of halogens is 3. The maximum Gasteiger partial charge on any atom is 0.137 e. The van der Waals surface area contributed by atoms with Crippen LogP contribution in [0.5, 0.6) is 0 Å². The molecule has 96 valence electrons. The summed E-state index contributed by atoms with van der Waals surface area (Å²) in [6, 6.07) is 7.15. The van der Waals surface area contributed by atoms with E-state index in [9.17, 15) is 4.39 Å². The van der Waals surface area contributed by atoms with Crippen LogP contribution in [0.3, 0.4) is 0 Å². The van der Waals surface area contributed by atoms with Crippen LogP contribution in [0, 0.1) is 12.7 Å². The van der Waals surface area contributed by atoms with Crippen molar-refractivity contribution in [1.82, 2.24) is 5.32 Å². The fourth-order valence-electron chi connectivity index (χ4n) is 1.79. The van der Waals surface area contributed by atoms with Crippen LogP contribution in [0.1, 0.15) is 22.0 Å². The van der Waals surface area contributed by atoms with Crippen molar-refractivity contribution in [3.05, 3.63) is 54.9 Å². The molecule has 0 saturated heterocycles. The van der Waals surface area contributed by atoms with Gasteiger partial charge in [0.2, 0.25) is 0 Å². The summed E-state index contributed by atoms with van der Waals surface area (Å²) >= 11 is 10.8. The van der Waals surface area contributed by atoms with Gasteiger partial charge in [0.05, 0.1) is 14.9 Å². The zero-order valence-electron chi connectivity index (χ0n) is 9.93. The molecular formula is C13H12BrClFNS. The minimum Gasteiger partial charge on any atom is -0.309 e. The van der Waals surface area contributed by atoms with Gasteiger partial charge in [-0.1, -0.05) is 17.7 Å². The van der Waals surface area contributed by atoms with E-state index in [0.717, 1.165) is 20.3 Å². The molecule has 0 aliphatic rings. The van der Waals surface area contributed by atoms with Crippen LogP contribution in [0.4, 0.5) is 4.39 Å². The minimum atomic E-state index is -0.257. The van der Waals surface area contributed by atoms with Crippen molar-refractivity contribution < 1.29 is 4.39 Å². The molecule has 0 spiro atoms. The molecule has 1 aromatic carbocycles. The average Bonchev–Trinajstić information content (AvgIpc) is 2.65. The van der Waals surface area contributed by atoms with Gasteiger partial charge in [-0.05, 0) is 59.2 Å². The molecular weight excluding hydrogens is 337 g/mol. The lowest BCUT2D eigenvalue weighted by atomic mass is 10.1. The molecule has 1 aromatic heterocycles. The highest BCUT2D eigenvalue weighted by atomic mass is 79.9. The quantitative estimate of drug-likeness (QED) is 0.830. The summed E-state index contributed by atoms with van der Waals surface area (Å²) in [5.74, 6) is -0.257. The summed E-state index contributed by atoms with van der Waals surface area (Å²) < 4.78 is 14.8. The summed E-state index contributed by atoms with van der Waals surface area (Å²) in [4.78, 5) is 1.08. The number of hydrogen-bond acceptors (Lipinski definition) is 2. The smallest absolute Gasteiger partial charge is 0.137 e. The van der Waals surface area contributed by atoms with E-state index < -0.39 is 0 Å². The molecule has 0 aliphatic carbocycles. The van der Waals surface area contributed by atoms with E-state index in [0.29, 0.717) is 4.47 Å². The van der Waals surface area contributed by atoms with Gasteiger partial charge in [-0.3, -0.25) is 0 Å². The summed E-state index contributed by atoms with van der Waals surface area (Å²) in [7, 11) is 1.85. The van der Waals surface area contributed by atoms with E-state index in [1.54, 1.807) is 6.07 Å². The first-order chi connectivity index (χ1) is 8.52. The maximum atomic E-state index is 13.6. The van der Waals surface area contributed by atoms with Crippen LogP contribution in [-0.4, -0.2) is 7.05 Å². The lowest BCUT2D eigenvalue weighted by Crippen LogP contribution is -2.16. The normalized spacial score (nSPS) is 12.7. The SMILES string of the molecule is CNC(c1ccc(Br)c(F)c1)c1cc(C)c(Cl)s1. The standard InChI is InChI=1S/C13H12BrClFNS/c1-7-5-11(18-13(7)15)12(17-2)8-3-4-9(14)10(16)6-8/h3-6,12,17H,1-2H3. The predicted octanol–water partition coefficient (Wildman–Crippen LogP) is 4.92. The zero-order chi connectivity index (χ0) is 13.3. The molecule has 0 aliphatic heterocycles. The van der Waals surface area contributed by atoms with E-state index in [2.05, 4.69) is 21.2 Å². The first-order valence-electron chi connectivity index (χ1n) is 5.41. The number of benzene rings is 1. The fraction of sp³-hybridized carbons (Fsp3) is 0.231. The Morgan fingerprint density at radius 3 is 2.61 bits per heavy atom. The number of rotatable bonds is 3. The number of thiophene rings is 1. The van der Waals surface area contributed by atoms with Crippen LogP contribution in [0.2, 0.25) is 4.34 Å². The Kier molecular flexibility index (Phi) is 4.43. The first-order valence-corrected chi connectivity index (χ1v) is 7.39. The number of nitrogens with one attached hydrogen (secondary N) is 1. The molecule has 0 fully saturated rings. The van der Waals surface area contributed by atoms with Gasteiger partial charge in [-0.25, -0.2) is 4.39 Å². The molecule has 0 saturated carbocycles. The van der Waals surface area contributed by atoms with Gasteiger partial charge in [-0.15, -0.1) is 11.3 Å². The highest BCUT2D eigenvalue weighted by Gasteiger charge is 2.17. The average molecular weight is 349 g/mol. The van der Waals surface area contributed by atoms with E-state index in [1.165, 1.54) is 17.4 Å².